The average Bonchev–Trinajstić information content (AvgIpc) is 2.58. The van der Waals surface area contributed by atoms with Gasteiger partial charge in [-0.25, -0.2) is 0 Å². The second-order valence-electron chi connectivity index (χ2n) is 5.44. The van der Waals surface area contributed by atoms with Crippen LogP contribution < -0.4 is 15.0 Å². The van der Waals surface area contributed by atoms with Crippen LogP contribution in [-0.2, 0) is 9.59 Å². The van der Waals surface area contributed by atoms with Crippen LogP contribution >= 0.6 is 0 Å². The molecule has 1 heterocycles. The first-order chi connectivity index (χ1) is 11.1. The van der Waals surface area contributed by atoms with Gasteiger partial charge >= 0.3 is 0 Å². The van der Waals surface area contributed by atoms with Crippen molar-refractivity contribution in [2.45, 2.75) is 13.0 Å². The summed E-state index contributed by atoms with van der Waals surface area (Å²) in [6.45, 7) is 1.86. The maximum absolute atomic E-state index is 12.3. The van der Waals surface area contributed by atoms with Crippen molar-refractivity contribution in [1.29, 1.82) is 0 Å². The first-order valence-corrected chi connectivity index (χ1v) is 7.51. The number of nitrogens with one attached hydrogen (secondary N) is 1. The number of carbonyl (C=O) groups is 2. The highest BCUT2D eigenvalue weighted by atomic mass is 16.5. The number of anilines is 1. The zero-order valence-electron chi connectivity index (χ0n) is 12.9. The van der Waals surface area contributed by atoms with Crippen molar-refractivity contribution in [2.75, 3.05) is 18.1 Å². The number of nitrogens with zero attached hydrogens (tertiary/aromatic N) is 1. The first kappa shape index (κ1) is 15.1. The summed E-state index contributed by atoms with van der Waals surface area (Å²) in [6, 6.07) is 16.8. The highest BCUT2D eigenvalue weighted by Gasteiger charge is 2.27. The van der Waals surface area contributed by atoms with Crippen LogP contribution in [0.3, 0.4) is 0 Å². The van der Waals surface area contributed by atoms with E-state index in [0.29, 0.717) is 11.4 Å². The summed E-state index contributed by atoms with van der Waals surface area (Å²) in [7, 11) is 0. The molecule has 1 aliphatic heterocycles. The molecule has 0 saturated heterocycles. The third-order valence-electron chi connectivity index (χ3n) is 3.79. The lowest BCUT2D eigenvalue weighted by Gasteiger charge is -2.29. The molecule has 0 aliphatic carbocycles. The molecule has 118 valence electrons. The molecule has 0 fully saturated rings. The fourth-order valence-corrected chi connectivity index (χ4v) is 2.58. The van der Waals surface area contributed by atoms with Crippen LogP contribution in [0.2, 0.25) is 0 Å². The van der Waals surface area contributed by atoms with Crippen LogP contribution in [0.15, 0.2) is 54.6 Å². The molecule has 5 heteroatoms. The van der Waals surface area contributed by atoms with Crippen molar-refractivity contribution < 1.29 is 14.3 Å². The highest BCUT2D eigenvalue weighted by molar-refractivity contribution is 6.02. The molecule has 2 aromatic carbocycles. The fraction of sp³-hybridized carbons (Fsp3) is 0.222. The molecule has 0 unspecified atom stereocenters. The molecule has 3 rings (SSSR count). The number of carbonyl (C=O) groups excluding carboxylic acids is 2. The number of amides is 2. The summed E-state index contributed by atoms with van der Waals surface area (Å²) in [5, 5.41) is 2.92. The van der Waals surface area contributed by atoms with Gasteiger partial charge in [0.2, 0.25) is 5.91 Å². The minimum absolute atomic E-state index is 0.0175. The van der Waals surface area contributed by atoms with E-state index < -0.39 is 0 Å². The van der Waals surface area contributed by atoms with Crippen LogP contribution in [0, 0.1) is 0 Å². The van der Waals surface area contributed by atoms with Crippen LogP contribution in [0.25, 0.3) is 0 Å². The summed E-state index contributed by atoms with van der Waals surface area (Å²) < 4.78 is 5.38. The van der Waals surface area contributed by atoms with Gasteiger partial charge in [-0.05, 0) is 24.6 Å². The molecule has 5 nitrogen and oxygen atoms in total. The van der Waals surface area contributed by atoms with Gasteiger partial charge in [0.25, 0.3) is 5.91 Å². The maximum Gasteiger partial charge on any atom is 0.265 e. The van der Waals surface area contributed by atoms with E-state index in [-0.39, 0.29) is 31.0 Å². The van der Waals surface area contributed by atoms with E-state index in [4.69, 9.17) is 4.74 Å². The van der Waals surface area contributed by atoms with Crippen molar-refractivity contribution in [3.05, 3.63) is 60.2 Å². The standard InChI is InChI=1S/C18H18N2O3/c1-13(14-7-3-2-4-8-14)19-17(21)11-20-15-9-5-6-10-16(15)23-12-18(20)22/h2-10,13H,11-12H2,1H3,(H,19,21)/t13-/m1/s1. The molecule has 0 radical (unpaired) electrons. The van der Waals surface area contributed by atoms with Crippen LogP contribution in [-0.4, -0.2) is 25.0 Å². The zero-order chi connectivity index (χ0) is 16.2. The summed E-state index contributed by atoms with van der Waals surface area (Å²) in [5.74, 6) is 0.202. The Kier molecular flexibility index (Phi) is 4.28. The van der Waals surface area contributed by atoms with Gasteiger partial charge in [0.05, 0.1) is 11.7 Å². The van der Waals surface area contributed by atoms with Gasteiger partial charge < -0.3 is 10.1 Å². The van der Waals surface area contributed by atoms with Gasteiger partial charge in [-0.15, -0.1) is 0 Å². The number of para-hydroxylation sites is 2. The number of benzene rings is 2. The van der Waals surface area contributed by atoms with Gasteiger partial charge in [0, 0.05) is 0 Å². The lowest BCUT2D eigenvalue weighted by atomic mass is 10.1. The molecule has 0 aromatic heterocycles. The molecule has 1 aliphatic rings. The van der Waals surface area contributed by atoms with Gasteiger partial charge in [0.1, 0.15) is 12.3 Å². The number of hydrogen-bond acceptors (Lipinski definition) is 3. The maximum atomic E-state index is 12.3. The first-order valence-electron chi connectivity index (χ1n) is 7.51. The Morgan fingerprint density at radius 3 is 2.65 bits per heavy atom. The smallest absolute Gasteiger partial charge is 0.265 e. The molecular weight excluding hydrogens is 292 g/mol. The third kappa shape index (κ3) is 3.34. The molecule has 2 amide bonds. The van der Waals surface area contributed by atoms with Crippen LogP contribution in [0.1, 0.15) is 18.5 Å². The van der Waals surface area contributed by atoms with E-state index in [1.54, 1.807) is 12.1 Å². The average molecular weight is 310 g/mol. The van der Waals surface area contributed by atoms with Gasteiger partial charge in [0.15, 0.2) is 6.61 Å². The molecule has 23 heavy (non-hydrogen) atoms. The van der Waals surface area contributed by atoms with E-state index in [1.807, 2.05) is 49.4 Å². The zero-order valence-corrected chi connectivity index (χ0v) is 12.9. The SMILES string of the molecule is C[C@@H](NC(=O)CN1C(=O)COc2ccccc21)c1ccccc1. The molecular formula is C18H18N2O3. The number of hydrogen-bond donors (Lipinski definition) is 1. The Labute approximate surface area is 134 Å². The van der Waals surface area contributed by atoms with Gasteiger partial charge in [-0.3, -0.25) is 14.5 Å². The summed E-state index contributed by atoms with van der Waals surface area (Å²) >= 11 is 0. The highest BCUT2D eigenvalue weighted by Crippen LogP contribution is 2.31. The Balaban J connectivity index is 1.69. The van der Waals surface area contributed by atoms with E-state index in [0.717, 1.165) is 5.56 Å². The van der Waals surface area contributed by atoms with Crippen molar-refractivity contribution >= 4 is 17.5 Å². The molecule has 0 bridgehead atoms. The van der Waals surface area contributed by atoms with Crippen molar-refractivity contribution in [2.24, 2.45) is 0 Å². The van der Waals surface area contributed by atoms with E-state index in [1.165, 1.54) is 4.90 Å². The Morgan fingerprint density at radius 2 is 1.87 bits per heavy atom. The summed E-state index contributed by atoms with van der Waals surface area (Å²) in [6.07, 6.45) is 0. The predicted octanol–water partition coefficient (Wildman–Crippen LogP) is 2.29. The van der Waals surface area contributed by atoms with E-state index >= 15 is 0 Å². The van der Waals surface area contributed by atoms with Crippen LogP contribution in [0.5, 0.6) is 5.75 Å². The Morgan fingerprint density at radius 1 is 1.17 bits per heavy atom. The number of ether oxygens (including phenoxy) is 1. The molecule has 0 saturated carbocycles. The van der Waals surface area contributed by atoms with E-state index in [2.05, 4.69) is 5.32 Å². The summed E-state index contributed by atoms with van der Waals surface area (Å²) in [4.78, 5) is 25.8. The minimum Gasteiger partial charge on any atom is -0.482 e. The molecule has 2 aromatic rings. The quantitative estimate of drug-likeness (QED) is 0.942. The molecule has 0 spiro atoms. The van der Waals surface area contributed by atoms with Crippen molar-refractivity contribution in [3.8, 4) is 5.75 Å². The van der Waals surface area contributed by atoms with E-state index in [9.17, 15) is 9.59 Å². The molecule has 1 atom stereocenters. The van der Waals surface area contributed by atoms with Crippen molar-refractivity contribution in [3.63, 3.8) is 0 Å². The monoisotopic (exact) mass is 310 g/mol. The lowest BCUT2D eigenvalue weighted by molar-refractivity contribution is -0.125. The van der Waals surface area contributed by atoms with Crippen LogP contribution in [0.4, 0.5) is 5.69 Å². The topological polar surface area (TPSA) is 58.6 Å². The van der Waals surface area contributed by atoms with Gasteiger partial charge in [-0.1, -0.05) is 42.5 Å². The third-order valence-corrected chi connectivity index (χ3v) is 3.79. The lowest BCUT2D eigenvalue weighted by Crippen LogP contribution is -2.45. The number of fused-ring (bicyclic) bond motifs is 1. The Bertz CT molecular complexity index is 715. The predicted molar refractivity (Wildman–Crippen MR) is 87.3 cm³/mol. The van der Waals surface area contributed by atoms with Gasteiger partial charge in [-0.2, -0.15) is 0 Å². The molecule has 1 N–H and O–H groups in total. The Hall–Kier alpha value is -2.82. The number of rotatable bonds is 4. The minimum atomic E-state index is -0.216. The normalized spacial score (nSPS) is 14.7. The summed E-state index contributed by atoms with van der Waals surface area (Å²) in [5.41, 5.74) is 1.65. The largest absolute Gasteiger partial charge is 0.482 e. The second kappa shape index (κ2) is 6.52. The fourth-order valence-electron chi connectivity index (χ4n) is 2.58. The van der Waals surface area contributed by atoms with Crippen molar-refractivity contribution in [1.82, 2.24) is 5.32 Å². The second-order valence-corrected chi connectivity index (χ2v) is 5.44.